The van der Waals surface area contributed by atoms with Gasteiger partial charge >= 0.3 is 0 Å². The molecule has 3 nitrogen and oxygen atoms in total. The van der Waals surface area contributed by atoms with E-state index >= 15 is 0 Å². The van der Waals surface area contributed by atoms with Crippen molar-refractivity contribution in [1.29, 1.82) is 0 Å². The Bertz CT molecular complexity index is 143. The fraction of sp³-hybridized carbons (Fsp3) is 0.571. The zero-order chi connectivity index (χ0) is 7.23. The van der Waals surface area contributed by atoms with Crippen LogP contribution < -0.4 is 0 Å². The normalized spacial score (nSPS) is 16.3. The van der Waals surface area contributed by atoms with E-state index in [9.17, 15) is 0 Å². The Hall–Kier alpha value is -0.830. The Balaban J connectivity index is 2.17. The molecule has 0 aromatic heterocycles. The van der Waals surface area contributed by atoms with Gasteiger partial charge < -0.3 is 10.0 Å². The summed E-state index contributed by atoms with van der Waals surface area (Å²) in [5, 5.41) is 8.51. The minimum absolute atomic E-state index is 0.258. The molecular weight excluding hydrogens is 128 g/mol. The van der Waals surface area contributed by atoms with Gasteiger partial charge in [0.05, 0.1) is 0 Å². The van der Waals surface area contributed by atoms with Crippen LogP contribution >= 0.6 is 0 Å². The summed E-state index contributed by atoms with van der Waals surface area (Å²) in [5.74, 6) is 0. The van der Waals surface area contributed by atoms with Crippen LogP contribution in [0.3, 0.4) is 0 Å². The van der Waals surface area contributed by atoms with Gasteiger partial charge in [0.25, 0.3) is 0 Å². The maximum absolute atomic E-state index is 8.51. The van der Waals surface area contributed by atoms with Crippen molar-refractivity contribution in [1.82, 2.24) is 4.90 Å². The summed E-state index contributed by atoms with van der Waals surface area (Å²) in [7, 11) is 0. The number of hydrogen-bond acceptors (Lipinski definition) is 3. The van der Waals surface area contributed by atoms with E-state index in [-0.39, 0.29) is 6.61 Å². The molecule has 0 atom stereocenters. The lowest BCUT2D eigenvalue weighted by atomic mass is 10.4. The molecule has 0 amide bonds. The first-order chi connectivity index (χ1) is 4.93. The first-order valence-electron chi connectivity index (χ1n) is 3.45. The van der Waals surface area contributed by atoms with Crippen LogP contribution in [0.5, 0.6) is 0 Å². The lowest BCUT2D eigenvalue weighted by Crippen LogP contribution is -2.21. The molecule has 1 aliphatic rings. The van der Waals surface area contributed by atoms with Crippen molar-refractivity contribution in [2.45, 2.75) is 6.42 Å². The summed E-state index contributed by atoms with van der Waals surface area (Å²) >= 11 is 0. The minimum atomic E-state index is 0.258. The monoisotopic (exact) mass is 140 g/mol. The van der Waals surface area contributed by atoms with Gasteiger partial charge in [0, 0.05) is 25.6 Å². The van der Waals surface area contributed by atoms with Gasteiger partial charge in [0.2, 0.25) is 0 Å². The van der Waals surface area contributed by atoms with E-state index in [1.165, 1.54) is 0 Å². The first kappa shape index (κ1) is 7.28. The van der Waals surface area contributed by atoms with E-state index < -0.39 is 0 Å². The summed E-state index contributed by atoms with van der Waals surface area (Å²) < 4.78 is 0. The molecule has 0 aromatic rings. The molecule has 1 heterocycles. The Morgan fingerprint density at radius 2 is 2.50 bits per heavy atom. The summed E-state index contributed by atoms with van der Waals surface area (Å²) in [6.07, 6.45) is 6.50. The molecule has 0 bridgehead atoms. The third-order valence-electron chi connectivity index (χ3n) is 1.36. The maximum atomic E-state index is 8.51. The lowest BCUT2D eigenvalue weighted by molar-refractivity contribution is 0.260. The molecule has 0 aromatic carbocycles. The highest BCUT2D eigenvalue weighted by Crippen LogP contribution is 1.95. The molecule has 10 heavy (non-hydrogen) atoms. The van der Waals surface area contributed by atoms with E-state index in [0.717, 1.165) is 19.6 Å². The van der Waals surface area contributed by atoms with Gasteiger partial charge in [0.15, 0.2) is 0 Å². The highest BCUT2D eigenvalue weighted by molar-refractivity contribution is 5.71. The van der Waals surface area contributed by atoms with Crippen LogP contribution in [0, 0.1) is 0 Å². The Kier molecular flexibility index (Phi) is 2.96. The maximum Gasteiger partial charge on any atom is 0.109 e. The second-order valence-corrected chi connectivity index (χ2v) is 2.20. The van der Waals surface area contributed by atoms with Crippen LogP contribution in [0.4, 0.5) is 0 Å². The molecule has 0 unspecified atom stereocenters. The molecule has 0 saturated carbocycles. The average molecular weight is 140 g/mol. The lowest BCUT2D eigenvalue weighted by Gasteiger charge is -2.18. The van der Waals surface area contributed by atoms with E-state index in [0.29, 0.717) is 0 Å². The van der Waals surface area contributed by atoms with Gasteiger partial charge in [0.1, 0.15) is 6.67 Å². The number of aliphatic hydroxyl groups excluding tert-OH is 1. The van der Waals surface area contributed by atoms with E-state index in [1.54, 1.807) is 6.21 Å². The van der Waals surface area contributed by atoms with E-state index in [4.69, 9.17) is 5.11 Å². The van der Waals surface area contributed by atoms with E-state index in [1.807, 2.05) is 12.3 Å². The number of aliphatic hydroxyl groups is 1. The predicted octanol–water partition coefficient (Wildman–Crippen LogP) is 0.226. The molecule has 56 valence electrons. The van der Waals surface area contributed by atoms with Gasteiger partial charge in [-0.2, -0.15) is 0 Å². The van der Waals surface area contributed by atoms with Crippen molar-refractivity contribution < 1.29 is 5.11 Å². The van der Waals surface area contributed by atoms with Gasteiger partial charge in [-0.05, 0) is 12.5 Å². The number of aliphatic imine (C=N–C) groups is 1. The van der Waals surface area contributed by atoms with Gasteiger partial charge in [-0.3, -0.25) is 4.99 Å². The second kappa shape index (κ2) is 4.06. The highest BCUT2D eigenvalue weighted by Gasteiger charge is 1.97. The molecule has 0 saturated heterocycles. The van der Waals surface area contributed by atoms with Crippen molar-refractivity contribution in [3.8, 4) is 0 Å². The summed E-state index contributed by atoms with van der Waals surface area (Å²) in [4.78, 5) is 6.11. The Labute approximate surface area is 60.7 Å². The summed E-state index contributed by atoms with van der Waals surface area (Å²) in [6.45, 7) is 1.88. The van der Waals surface area contributed by atoms with Gasteiger partial charge in [-0.1, -0.05) is 0 Å². The molecule has 0 spiro atoms. The summed E-state index contributed by atoms with van der Waals surface area (Å²) in [6, 6.07) is 0. The van der Waals surface area contributed by atoms with Crippen LogP contribution in [0.15, 0.2) is 17.3 Å². The summed E-state index contributed by atoms with van der Waals surface area (Å²) in [5.41, 5.74) is 0. The zero-order valence-corrected chi connectivity index (χ0v) is 5.90. The number of allylic oxidation sites excluding steroid dienone is 1. The Morgan fingerprint density at radius 1 is 1.60 bits per heavy atom. The van der Waals surface area contributed by atoms with Crippen LogP contribution in [0.1, 0.15) is 6.42 Å². The standard InChI is InChI=1S/C7H12N2O/c10-6-2-5-9-4-1-3-8-7-9/h1,3-4,10H,2,5-7H2. The van der Waals surface area contributed by atoms with Crippen LogP contribution in [0.25, 0.3) is 0 Å². The Morgan fingerprint density at radius 3 is 3.10 bits per heavy atom. The smallest absolute Gasteiger partial charge is 0.109 e. The quantitative estimate of drug-likeness (QED) is 0.609. The fourth-order valence-corrected chi connectivity index (χ4v) is 0.839. The van der Waals surface area contributed by atoms with E-state index in [2.05, 4.69) is 9.89 Å². The molecule has 1 aliphatic heterocycles. The number of nitrogens with zero attached hydrogens (tertiary/aromatic N) is 2. The highest BCUT2D eigenvalue weighted by atomic mass is 16.3. The van der Waals surface area contributed by atoms with Crippen LogP contribution in [-0.2, 0) is 0 Å². The largest absolute Gasteiger partial charge is 0.396 e. The van der Waals surface area contributed by atoms with Crippen molar-refractivity contribution in [3.63, 3.8) is 0 Å². The number of rotatable bonds is 3. The van der Waals surface area contributed by atoms with Gasteiger partial charge in [-0.25, -0.2) is 0 Å². The van der Waals surface area contributed by atoms with Crippen LogP contribution in [0.2, 0.25) is 0 Å². The van der Waals surface area contributed by atoms with Gasteiger partial charge in [-0.15, -0.1) is 0 Å². The topological polar surface area (TPSA) is 35.8 Å². The molecule has 0 fully saturated rings. The van der Waals surface area contributed by atoms with Crippen molar-refractivity contribution >= 4 is 6.21 Å². The zero-order valence-electron chi connectivity index (χ0n) is 5.90. The fourth-order valence-electron chi connectivity index (χ4n) is 0.839. The van der Waals surface area contributed by atoms with Crippen molar-refractivity contribution in [2.24, 2.45) is 4.99 Å². The SMILES string of the molecule is OCCCN1C=CC=NC1. The minimum Gasteiger partial charge on any atom is -0.396 e. The third-order valence-corrected chi connectivity index (χ3v) is 1.36. The molecule has 3 heteroatoms. The molecule has 0 aliphatic carbocycles. The van der Waals surface area contributed by atoms with Crippen molar-refractivity contribution in [2.75, 3.05) is 19.8 Å². The van der Waals surface area contributed by atoms with Crippen LogP contribution in [-0.4, -0.2) is 36.0 Å². The molecule has 1 rings (SSSR count). The first-order valence-corrected chi connectivity index (χ1v) is 3.45. The molecular formula is C7H12N2O. The molecule has 0 radical (unpaired) electrons. The number of hydrogen-bond donors (Lipinski definition) is 1. The third kappa shape index (κ3) is 2.19. The second-order valence-electron chi connectivity index (χ2n) is 2.20. The average Bonchev–Trinajstić information content (AvgIpc) is 2.03. The predicted molar refractivity (Wildman–Crippen MR) is 40.9 cm³/mol. The molecule has 1 N–H and O–H groups in total. The van der Waals surface area contributed by atoms with Crippen molar-refractivity contribution in [3.05, 3.63) is 12.3 Å².